The van der Waals surface area contributed by atoms with Crippen LogP contribution in [-0.2, 0) is 0 Å². The summed E-state index contributed by atoms with van der Waals surface area (Å²) in [6.45, 7) is 0. The lowest BCUT2D eigenvalue weighted by Gasteiger charge is -2.09. The monoisotopic (exact) mass is 193 g/mol. The normalized spacial score (nSPS) is 21.3. The van der Waals surface area contributed by atoms with E-state index in [0.717, 1.165) is 17.7 Å². The van der Waals surface area contributed by atoms with Crippen molar-refractivity contribution < 1.29 is 0 Å². The van der Waals surface area contributed by atoms with Gasteiger partial charge in [0.1, 0.15) is 0 Å². The number of hydrogen-bond acceptors (Lipinski definition) is 3. The van der Waals surface area contributed by atoms with Gasteiger partial charge in [0.25, 0.3) is 0 Å². The zero-order chi connectivity index (χ0) is 9.10. The molecule has 0 fully saturated rings. The zero-order valence-corrected chi connectivity index (χ0v) is 7.65. The molecule has 1 aliphatic heterocycles. The quantitative estimate of drug-likeness (QED) is 0.496. The summed E-state index contributed by atoms with van der Waals surface area (Å²) in [5, 5.41) is 0. The van der Waals surface area contributed by atoms with Crippen LogP contribution in [0.15, 0.2) is 34.5 Å². The van der Waals surface area contributed by atoms with E-state index in [1.54, 1.807) is 18.6 Å². The molecule has 2 rings (SSSR count). The number of rotatable bonds is 1. The molecule has 1 aromatic heterocycles. The van der Waals surface area contributed by atoms with E-state index in [4.69, 9.17) is 11.6 Å². The molecule has 1 unspecified atom stereocenters. The molecule has 66 valence electrons. The molecule has 0 radical (unpaired) electrons. The number of aromatic nitrogens is 1. The smallest absolute Gasteiger partial charge is 0.214 e. The molecule has 0 spiro atoms. The predicted molar refractivity (Wildman–Crippen MR) is 53.5 cm³/mol. The Morgan fingerprint density at radius 2 is 2.38 bits per heavy atom. The zero-order valence-electron chi connectivity index (χ0n) is 6.89. The molecule has 1 atom stereocenters. The second kappa shape index (κ2) is 3.66. The standard InChI is InChI=1S/C9H8ClN3/c10-9-12-5-3-8(13-9)7-2-1-4-11-6-7/h1-2,4-6,9H,3H2. The summed E-state index contributed by atoms with van der Waals surface area (Å²) in [6, 6.07) is 3.85. The topological polar surface area (TPSA) is 37.6 Å². The molecule has 0 aromatic carbocycles. The first-order valence-electron chi connectivity index (χ1n) is 3.99. The first-order chi connectivity index (χ1) is 6.36. The summed E-state index contributed by atoms with van der Waals surface area (Å²) in [5.74, 6) is 0. The lowest BCUT2D eigenvalue weighted by molar-refractivity contribution is 0.955. The van der Waals surface area contributed by atoms with Crippen molar-refractivity contribution in [3.63, 3.8) is 0 Å². The minimum atomic E-state index is -0.469. The van der Waals surface area contributed by atoms with Gasteiger partial charge in [0.2, 0.25) is 5.62 Å². The highest BCUT2D eigenvalue weighted by Crippen LogP contribution is 2.11. The van der Waals surface area contributed by atoms with Gasteiger partial charge in [-0.2, -0.15) is 0 Å². The minimum Gasteiger partial charge on any atom is -0.264 e. The van der Waals surface area contributed by atoms with Gasteiger partial charge in [0, 0.05) is 30.6 Å². The highest BCUT2D eigenvalue weighted by Gasteiger charge is 2.09. The summed E-state index contributed by atoms with van der Waals surface area (Å²) in [5.41, 5.74) is 1.49. The van der Waals surface area contributed by atoms with Crippen molar-refractivity contribution in [2.24, 2.45) is 9.98 Å². The maximum absolute atomic E-state index is 5.76. The molecule has 2 heterocycles. The van der Waals surface area contributed by atoms with Crippen LogP contribution in [0.3, 0.4) is 0 Å². The molecule has 0 bridgehead atoms. The summed E-state index contributed by atoms with van der Waals surface area (Å²) in [6.07, 6.45) is 6.03. The molecule has 0 N–H and O–H groups in total. The van der Waals surface area contributed by atoms with E-state index >= 15 is 0 Å². The number of halogens is 1. The van der Waals surface area contributed by atoms with Crippen LogP contribution in [0.1, 0.15) is 12.0 Å². The number of pyridine rings is 1. The molecule has 0 aliphatic carbocycles. The highest BCUT2D eigenvalue weighted by molar-refractivity contribution is 6.23. The van der Waals surface area contributed by atoms with Crippen molar-refractivity contribution in [1.82, 2.24) is 4.98 Å². The van der Waals surface area contributed by atoms with Gasteiger partial charge >= 0.3 is 0 Å². The number of hydrogen-bond donors (Lipinski definition) is 0. The Morgan fingerprint density at radius 3 is 3.08 bits per heavy atom. The Kier molecular flexibility index (Phi) is 2.36. The summed E-state index contributed by atoms with van der Waals surface area (Å²) < 4.78 is 0. The predicted octanol–water partition coefficient (Wildman–Crippen LogP) is 1.87. The molecule has 0 saturated carbocycles. The third kappa shape index (κ3) is 1.92. The summed E-state index contributed by atoms with van der Waals surface area (Å²) in [4.78, 5) is 12.2. The average molecular weight is 194 g/mol. The van der Waals surface area contributed by atoms with Gasteiger partial charge in [0.15, 0.2) is 0 Å². The van der Waals surface area contributed by atoms with Crippen molar-refractivity contribution in [3.05, 3.63) is 30.1 Å². The van der Waals surface area contributed by atoms with Crippen molar-refractivity contribution in [1.29, 1.82) is 0 Å². The lowest BCUT2D eigenvalue weighted by Crippen LogP contribution is -2.10. The SMILES string of the molecule is ClC1N=CCC(c2cccnc2)=N1. The van der Waals surface area contributed by atoms with Crippen molar-refractivity contribution in [3.8, 4) is 0 Å². The molecule has 4 heteroatoms. The van der Waals surface area contributed by atoms with E-state index in [9.17, 15) is 0 Å². The van der Waals surface area contributed by atoms with Gasteiger partial charge in [-0.25, -0.2) is 4.99 Å². The van der Waals surface area contributed by atoms with Crippen molar-refractivity contribution in [2.75, 3.05) is 0 Å². The minimum absolute atomic E-state index is 0.469. The fourth-order valence-corrected chi connectivity index (χ4v) is 1.36. The van der Waals surface area contributed by atoms with Gasteiger partial charge in [0.05, 0.1) is 5.71 Å². The van der Waals surface area contributed by atoms with Crippen LogP contribution < -0.4 is 0 Å². The third-order valence-corrected chi connectivity index (χ3v) is 1.98. The van der Waals surface area contributed by atoms with Gasteiger partial charge in [-0.1, -0.05) is 17.7 Å². The number of aliphatic imine (C=N–C) groups is 2. The Balaban J connectivity index is 2.28. The fraction of sp³-hybridized carbons (Fsp3) is 0.222. The van der Waals surface area contributed by atoms with Gasteiger partial charge in [-0.3, -0.25) is 9.98 Å². The second-order valence-corrected chi connectivity index (χ2v) is 3.05. The van der Waals surface area contributed by atoms with Crippen LogP contribution in [0, 0.1) is 0 Å². The van der Waals surface area contributed by atoms with E-state index < -0.39 is 5.62 Å². The molecule has 0 saturated heterocycles. The van der Waals surface area contributed by atoms with Gasteiger partial charge in [-0.05, 0) is 6.07 Å². The van der Waals surface area contributed by atoms with Crippen molar-refractivity contribution in [2.45, 2.75) is 12.0 Å². The lowest BCUT2D eigenvalue weighted by atomic mass is 10.1. The fourth-order valence-electron chi connectivity index (χ4n) is 1.17. The third-order valence-electron chi connectivity index (χ3n) is 1.77. The summed E-state index contributed by atoms with van der Waals surface area (Å²) >= 11 is 5.76. The first-order valence-corrected chi connectivity index (χ1v) is 4.43. The van der Waals surface area contributed by atoms with E-state index in [1.165, 1.54) is 0 Å². The Bertz CT molecular complexity index is 345. The molecule has 1 aliphatic rings. The second-order valence-electron chi connectivity index (χ2n) is 2.66. The van der Waals surface area contributed by atoms with E-state index in [-0.39, 0.29) is 0 Å². The van der Waals surface area contributed by atoms with Crippen molar-refractivity contribution >= 4 is 23.5 Å². The van der Waals surface area contributed by atoms with E-state index in [0.29, 0.717) is 0 Å². The number of alkyl halides is 1. The van der Waals surface area contributed by atoms with Crippen LogP contribution in [-0.4, -0.2) is 22.5 Å². The van der Waals surface area contributed by atoms with Gasteiger partial charge < -0.3 is 0 Å². The maximum Gasteiger partial charge on any atom is 0.214 e. The first kappa shape index (κ1) is 8.38. The molecular weight excluding hydrogens is 186 g/mol. The Hall–Kier alpha value is -1.22. The summed E-state index contributed by atoms with van der Waals surface area (Å²) in [7, 11) is 0. The Morgan fingerprint density at radius 1 is 1.46 bits per heavy atom. The van der Waals surface area contributed by atoms with Gasteiger partial charge in [-0.15, -0.1) is 0 Å². The molecule has 13 heavy (non-hydrogen) atoms. The van der Waals surface area contributed by atoms with E-state index in [1.807, 2.05) is 12.1 Å². The Labute approximate surface area is 81.2 Å². The van der Waals surface area contributed by atoms with Crippen LogP contribution in [0.4, 0.5) is 0 Å². The molecular formula is C9H8ClN3. The largest absolute Gasteiger partial charge is 0.264 e. The molecule has 1 aromatic rings. The van der Waals surface area contributed by atoms with Crippen LogP contribution in [0.5, 0.6) is 0 Å². The van der Waals surface area contributed by atoms with E-state index in [2.05, 4.69) is 15.0 Å². The van der Waals surface area contributed by atoms with Crippen LogP contribution in [0.25, 0.3) is 0 Å². The average Bonchev–Trinajstić information content (AvgIpc) is 2.19. The molecule has 3 nitrogen and oxygen atoms in total. The maximum atomic E-state index is 5.76. The number of nitrogens with zero attached hydrogens (tertiary/aromatic N) is 3. The van der Waals surface area contributed by atoms with Crippen LogP contribution >= 0.6 is 11.6 Å². The van der Waals surface area contributed by atoms with Crippen LogP contribution in [0.2, 0.25) is 0 Å². The molecule has 0 amide bonds. The highest BCUT2D eigenvalue weighted by atomic mass is 35.5.